The first-order valence-corrected chi connectivity index (χ1v) is 9.97. The number of aromatic nitrogens is 2. The summed E-state index contributed by atoms with van der Waals surface area (Å²) < 4.78 is 7.83. The van der Waals surface area contributed by atoms with Crippen LogP contribution in [0.25, 0.3) is 11.0 Å². The molecule has 4 rings (SSSR count). The zero-order valence-corrected chi connectivity index (χ0v) is 16.4. The largest absolute Gasteiger partial charge is 0.486 e. The Morgan fingerprint density at radius 2 is 1.86 bits per heavy atom. The van der Waals surface area contributed by atoms with Crippen molar-refractivity contribution in [2.24, 2.45) is 0 Å². The first-order valence-electron chi connectivity index (χ1n) is 9.09. The highest BCUT2D eigenvalue weighted by Gasteiger charge is 2.17. The summed E-state index contributed by atoms with van der Waals surface area (Å²) in [6, 6.07) is 21.5. The third kappa shape index (κ3) is 4.07. The number of fused-ring (bicyclic) bond motifs is 1. The Morgan fingerprint density at radius 1 is 1.07 bits per heavy atom. The van der Waals surface area contributed by atoms with E-state index in [0.29, 0.717) is 13.2 Å². The molecule has 5 nitrogen and oxygen atoms in total. The molecule has 0 saturated carbocycles. The lowest BCUT2D eigenvalue weighted by Gasteiger charge is -2.18. The molecule has 0 bridgehead atoms. The second-order valence-electron chi connectivity index (χ2n) is 6.53. The van der Waals surface area contributed by atoms with E-state index in [9.17, 15) is 4.79 Å². The van der Waals surface area contributed by atoms with Gasteiger partial charge in [-0.3, -0.25) is 4.79 Å². The number of amides is 1. The Morgan fingerprint density at radius 3 is 2.64 bits per heavy atom. The first kappa shape index (κ1) is 18.3. The van der Waals surface area contributed by atoms with Crippen LogP contribution in [0.5, 0.6) is 5.75 Å². The van der Waals surface area contributed by atoms with Crippen molar-refractivity contribution in [2.45, 2.75) is 19.7 Å². The van der Waals surface area contributed by atoms with Crippen LogP contribution < -0.4 is 4.74 Å². The van der Waals surface area contributed by atoms with E-state index in [1.165, 1.54) is 4.88 Å². The summed E-state index contributed by atoms with van der Waals surface area (Å²) in [4.78, 5) is 20.5. The molecule has 4 aromatic rings. The van der Waals surface area contributed by atoms with E-state index in [2.05, 4.69) is 4.98 Å². The molecule has 28 heavy (non-hydrogen) atoms. The fourth-order valence-electron chi connectivity index (χ4n) is 3.06. The van der Waals surface area contributed by atoms with Crippen LogP contribution in [0, 0.1) is 0 Å². The van der Waals surface area contributed by atoms with Gasteiger partial charge in [-0.2, -0.15) is 0 Å². The number of hydrogen-bond donors (Lipinski definition) is 0. The van der Waals surface area contributed by atoms with E-state index in [-0.39, 0.29) is 12.5 Å². The number of thiophene rings is 1. The molecule has 2 aromatic carbocycles. The van der Waals surface area contributed by atoms with Crippen molar-refractivity contribution in [1.82, 2.24) is 14.5 Å². The number of para-hydroxylation sites is 3. The molecule has 6 heteroatoms. The second-order valence-corrected chi connectivity index (χ2v) is 7.57. The average molecular weight is 391 g/mol. The highest BCUT2D eigenvalue weighted by molar-refractivity contribution is 7.09. The van der Waals surface area contributed by atoms with Crippen LogP contribution in [-0.2, 0) is 24.5 Å². The van der Waals surface area contributed by atoms with Gasteiger partial charge in [0.25, 0.3) is 0 Å². The number of rotatable bonds is 7. The maximum absolute atomic E-state index is 12.8. The molecular formula is C22H21N3O2S. The van der Waals surface area contributed by atoms with Crippen molar-refractivity contribution in [1.29, 1.82) is 0 Å². The van der Waals surface area contributed by atoms with Crippen LogP contribution in [-0.4, -0.2) is 27.4 Å². The van der Waals surface area contributed by atoms with Crippen molar-refractivity contribution in [2.75, 3.05) is 7.05 Å². The van der Waals surface area contributed by atoms with E-state index in [0.717, 1.165) is 22.6 Å². The van der Waals surface area contributed by atoms with Gasteiger partial charge in [0, 0.05) is 11.9 Å². The summed E-state index contributed by atoms with van der Waals surface area (Å²) in [7, 11) is 1.83. The smallest absolute Gasteiger partial charge is 0.242 e. The minimum Gasteiger partial charge on any atom is -0.486 e. The zero-order valence-electron chi connectivity index (χ0n) is 15.6. The molecule has 0 spiro atoms. The van der Waals surface area contributed by atoms with Crippen LogP contribution in [0.2, 0.25) is 0 Å². The molecule has 2 heterocycles. The Balaban J connectivity index is 1.55. The normalized spacial score (nSPS) is 10.9. The third-order valence-electron chi connectivity index (χ3n) is 4.54. The lowest BCUT2D eigenvalue weighted by molar-refractivity contribution is -0.131. The van der Waals surface area contributed by atoms with Crippen molar-refractivity contribution in [3.63, 3.8) is 0 Å². The molecule has 142 valence electrons. The Bertz CT molecular complexity index is 1060. The molecule has 0 saturated heterocycles. The van der Waals surface area contributed by atoms with Crippen molar-refractivity contribution in [3.05, 3.63) is 82.8 Å². The van der Waals surface area contributed by atoms with Crippen LogP contribution >= 0.6 is 11.3 Å². The van der Waals surface area contributed by atoms with Gasteiger partial charge in [-0.15, -0.1) is 11.3 Å². The Labute approximate surface area is 167 Å². The van der Waals surface area contributed by atoms with Gasteiger partial charge < -0.3 is 14.2 Å². The van der Waals surface area contributed by atoms with Crippen LogP contribution in [0.1, 0.15) is 10.7 Å². The molecule has 0 N–H and O–H groups in total. The molecule has 0 aliphatic heterocycles. The molecule has 0 aliphatic rings. The third-order valence-corrected chi connectivity index (χ3v) is 5.40. The van der Waals surface area contributed by atoms with Gasteiger partial charge in [0.2, 0.25) is 5.91 Å². The topological polar surface area (TPSA) is 47.4 Å². The predicted octanol–water partition coefficient (Wildman–Crippen LogP) is 4.34. The minimum atomic E-state index is 0.0394. The van der Waals surface area contributed by atoms with E-state index < -0.39 is 0 Å². The highest BCUT2D eigenvalue weighted by Crippen LogP contribution is 2.19. The monoisotopic (exact) mass is 391 g/mol. The van der Waals surface area contributed by atoms with Gasteiger partial charge in [0.1, 0.15) is 24.7 Å². The van der Waals surface area contributed by atoms with Crippen LogP contribution in [0.3, 0.4) is 0 Å². The number of imidazole rings is 1. The van der Waals surface area contributed by atoms with E-state index >= 15 is 0 Å². The molecule has 0 fully saturated rings. The summed E-state index contributed by atoms with van der Waals surface area (Å²) >= 11 is 1.66. The lowest BCUT2D eigenvalue weighted by Crippen LogP contribution is -2.30. The van der Waals surface area contributed by atoms with Gasteiger partial charge in [-0.05, 0) is 35.7 Å². The molecule has 0 atom stereocenters. The number of ether oxygens (including phenoxy) is 1. The minimum absolute atomic E-state index is 0.0394. The summed E-state index contributed by atoms with van der Waals surface area (Å²) in [5, 5.41) is 2.02. The quantitative estimate of drug-likeness (QED) is 0.471. The SMILES string of the molecule is CN(Cc1cccs1)C(=O)Cn1c(COc2ccccc2)nc2ccccc21. The van der Waals surface area contributed by atoms with Gasteiger partial charge in [0.05, 0.1) is 17.6 Å². The van der Waals surface area contributed by atoms with E-state index in [1.54, 1.807) is 16.2 Å². The highest BCUT2D eigenvalue weighted by atomic mass is 32.1. The van der Waals surface area contributed by atoms with Crippen LogP contribution in [0.4, 0.5) is 0 Å². The average Bonchev–Trinajstić information content (AvgIpc) is 3.35. The van der Waals surface area contributed by atoms with Gasteiger partial charge in [0.15, 0.2) is 0 Å². The number of carbonyl (C=O) groups excluding carboxylic acids is 1. The maximum Gasteiger partial charge on any atom is 0.242 e. The Hall–Kier alpha value is -3.12. The van der Waals surface area contributed by atoms with Gasteiger partial charge in [-0.25, -0.2) is 4.98 Å². The molecular weight excluding hydrogens is 370 g/mol. The second kappa shape index (κ2) is 8.27. The standard InChI is InChI=1S/C22H21N3O2S/c1-24(14-18-10-7-13-28-18)22(26)15-25-20-12-6-5-11-19(20)23-21(25)16-27-17-8-3-2-4-9-17/h2-13H,14-16H2,1H3. The summed E-state index contributed by atoms with van der Waals surface area (Å²) in [5.74, 6) is 1.56. The summed E-state index contributed by atoms with van der Waals surface area (Å²) in [6.07, 6.45) is 0. The lowest BCUT2D eigenvalue weighted by atomic mass is 10.3. The molecule has 0 aliphatic carbocycles. The van der Waals surface area contributed by atoms with Crippen molar-refractivity contribution in [3.8, 4) is 5.75 Å². The first-order chi connectivity index (χ1) is 13.7. The molecule has 2 aromatic heterocycles. The predicted molar refractivity (Wildman–Crippen MR) is 111 cm³/mol. The Kier molecular flexibility index (Phi) is 5.39. The molecule has 0 unspecified atom stereocenters. The number of likely N-dealkylation sites (N-methyl/N-ethyl adjacent to an activating group) is 1. The van der Waals surface area contributed by atoms with Crippen LogP contribution in [0.15, 0.2) is 72.1 Å². The number of nitrogens with zero attached hydrogens (tertiary/aromatic N) is 3. The summed E-state index contributed by atoms with van der Waals surface area (Å²) in [6.45, 7) is 1.15. The van der Waals surface area contributed by atoms with E-state index in [1.807, 2.05) is 83.7 Å². The van der Waals surface area contributed by atoms with Crippen molar-refractivity contribution >= 4 is 28.3 Å². The number of benzene rings is 2. The fourth-order valence-corrected chi connectivity index (χ4v) is 3.81. The number of carbonyl (C=O) groups is 1. The van der Waals surface area contributed by atoms with Gasteiger partial charge in [-0.1, -0.05) is 36.4 Å². The number of hydrogen-bond acceptors (Lipinski definition) is 4. The van der Waals surface area contributed by atoms with E-state index in [4.69, 9.17) is 4.74 Å². The maximum atomic E-state index is 12.8. The zero-order chi connectivity index (χ0) is 19.3. The van der Waals surface area contributed by atoms with Crippen molar-refractivity contribution < 1.29 is 9.53 Å². The summed E-state index contributed by atoms with van der Waals surface area (Å²) in [5.41, 5.74) is 1.80. The van der Waals surface area contributed by atoms with Gasteiger partial charge >= 0.3 is 0 Å². The molecule has 1 amide bonds. The molecule has 0 radical (unpaired) electrons. The fraction of sp³-hybridized carbons (Fsp3) is 0.182.